The second-order valence-corrected chi connectivity index (χ2v) is 9.35. The fourth-order valence-electron chi connectivity index (χ4n) is 4.65. The van der Waals surface area contributed by atoms with Crippen molar-refractivity contribution >= 4 is 29.2 Å². The lowest BCUT2D eigenvalue weighted by Crippen LogP contribution is -2.30. The molecular weight excluding hydrogens is 406 g/mol. The predicted octanol–water partition coefficient (Wildman–Crippen LogP) is 5.11. The van der Waals surface area contributed by atoms with Crippen molar-refractivity contribution < 1.29 is 13.8 Å². The van der Waals surface area contributed by atoms with Crippen LogP contribution in [0.2, 0.25) is 0 Å². The number of hydrogen-bond donors (Lipinski definition) is 0. The van der Waals surface area contributed by atoms with Gasteiger partial charge in [0.2, 0.25) is 0 Å². The number of anilines is 1. The average Bonchev–Trinajstić information content (AvgIpc) is 2.76. The molecule has 0 aromatic heterocycles. The maximum absolute atomic E-state index is 12.7. The number of carbonyl (C=O) groups is 2. The molecule has 158 valence electrons. The molecule has 0 spiro atoms. The highest BCUT2D eigenvalue weighted by Crippen LogP contribution is 2.49. The molecular formula is C26H25NO3S. The Morgan fingerprint density at radius 2 is 1.68 bits per heavy atom. The van der Waals surface area contributed by atoms with Crippen LogP contribution in [0.15, 0.2) is 42.5 Å². The minimum absolute atomic E-state index is 0.296. The molecule has 0 amide bonds. The monoisotopic (exact) mass is 431 g/mol. The van der Waals surface area contributed by atoms with Crippen molar-refractivity contribution in [2.45, 2.75) is 33.7 Å². The number of carbonyl (C=O) groups excluding carboxylic acids is 2. The quantitative estimate of drug-likeness (QED) is 0.527. The first kappa shape index (κ1) is 21.2. The van der Waals surface area contributed by atoms with Gasteiger partial charge in [-0.05, 0) is 65.8 Å². The van der Waals surface area contributed by atoms with E-state index in [0.29, 0.717) is 18.5 Å². The molecule has 0 radical (unpaired) electrons. The van der Waals surface area contributed by atoms with E-state index in [9.17, 15) is 13.8 Å². The largest absolute Gasteiger partial charge is 0.303 e. The molecule has 4 nitrogen and oxygen atoms in total. The lowest BCUT2D eigenvalue weighted by molar-refractivity contribution is -0.107. The molecule has 0 N–H and O–H groups in total. The van der Waals surface area contributed by atoms with Crippen LogP contribution in [0, 0.1) is 20.8 Å². The van der Waals surface area contributed by atoms with Gasteiger partial charge in [0.15, 0.2) is 0 Å². The third kappa shape index (κ3) is 3.53. The van der Waals surface area contributed by atoms with E-state index in [2.05, 4.69) is 38.1 Å². The van der Waals surface area contributed by atoms with Crippen molar-refractivity contribution in [3.05, 3.63) is 75.8 Å². The third-order valence-electron chi connectivity index (χ3n) is 6.13. The minimum atomic E-state index is -1.26. The summed E-state index contributed by atoms with van der Waals surface area (Å²) in [5.74, 6) is 0. The smallest absolute Gasteiger partial charge is 0.150 e. The summed E-state index contributed by atoms with van der Waals surface area (Å²) in [7, 11) is -1.26. The number of nitrogens with zero attached hydrogens (tertiary/aromatic N) is 1. The molecule has 3 aromatic rings. The fraction of sp³-hybridized carbons (Fsp3) is 0.231. The number of aryl methyl sites for hydroxylation is 1. The highest BCUT2D eigenvalue weighted by molar-refractivity contribution is 7.85. The Kier molecular flexibility index (Phi) is 5.63. The molecule has 5 heteroatoms. The summed E-state index contributed by atoms with van der Waals surface area (Å²) in [4.78, 5) is 23.0. The molecule has 1 heterocycles. The minimum Gasteiger partial charge on any atom is -0.303 e. The van der Waals surface area contributed by atoms with Crippen molar-refractivity contribution in [3.63, 3.8) is 0 Å². The predicted molar refractivity (Wildman–Crippen MR) is 127 cm³/mol. The molecule has 1 atom stereocenters. The molecule has 0 fully saturated rings. The lowest BCUT2D eigenvalue weighted by Gasteiger charge is -2.35. The summed E-state index contributed by atoms with van der Waals surface area (Å²) >= 11 is 0. The van der Waals surface area contributed by atoms with Crippen LogP contribution in [0.25, 0.3) is 22.3 Å². The van der Waals surface area contributed by atoms with E-state index < -0.39 is 11.0 Å². The van der Waals surface area contributed by atoms with Gasteiger partial charge in [0.1, 0.15) is 23.6 Å². The molecule has 3 aromatic carbocycles. The van der Waals surface area contributed by atoms with Crippen molar-refractivity contribution in [1.82, 2.24) is 0 Å². The van der Waals surface area contributed by atoms with Crippen molar-refractivity contribution in [3.8, 4) is 22.3 Å². The molecule has 4 rings (SSSR count). The maximum atomic E-state index is 12.7. The summed E-state index contributed by atoms with van der Waals surface area (Å²) in [6.07, 6.45) is 3.74. The fourth-order valence-corrected chi connectivity index (χ4v) is 5.46. The van der Waals surface area contributed by atoms with Crippen molar-refractivity contribution in [2.24, 2.45) is 0 Å². The van der Waals surface area contributed by atoms with E-state index in [1.807, 2.05) is 29.4 Å². The van der Waals surface area contributed by atoms with E-state index in [1.165, 1.54) is 5.56 Å². The molecule has 0 saturated heterocycles. The first-order valence-electron chi connectivity index (χ1n) is 10.2. The van der Waals surface area contributed by atoms with Crippen LogP contribution in [0.1, 0.15) is 38.2 Å². The van der Waals surface area contributed by atoms with E-state index in [1.54, 1.807) is 6.26 Å². The zero-order valence-corrected chi connectivity index (χ0v) is 19.0. The van der Waals surface area contributed by atoms with Gasteiger partial charge in [-0.2, -0.15) is 0 Å². The second-order valence-electron chi connectivity index (χ2n) is 8.06. The van der Waals surface area contributed by atoms with Gasteiger partial charge in [-0.15, -0.1) is 0 Å². The van der Waals surface area contributed by atoms with Gasteiger partial charge in [-0.3, -0.25) is 9.10 Å². The standard InChI is InChI=1S/C26H25NO3S/c1-16-5-8-20(9-6-16)24-18(3)25-23-10-7-19(15-29)13-21(23)14-27(31(4)30)26(25)17(2)22(24)11-12-28/h5-10,12-13,15H,11,14H2,1-4H3. The van der Waals surface area contributed by atoms with E-state index in [-0.39, 0.29) is 0 Å². The molecule has 1 aliphatic rings. The van der Waals surface area contributed by atoms with E-state index >= 15 is 0 Å². The van der Waals surface area contributed by atoms with E-state index in [4.69, 9.17) is 0 Å². The highest BCUT2D eigenvalue weighted by Gasteiger charge is 2.31. The van der Waals surface area contributed by atoms with Gasteiger partial charge in [0.25, 0.3) is 0 Å². The Morgan fingerprint density at radius 1 is 0.968 bits per heavy atom. The number of benzene rings is 3. The van der Waals surface area contributed by atoms with E-state index in [0.717, 1.165) is 62.8 Å². The first-order chi connectivity index (χ1) is 14.9. The second kappa shape index (κ2) is 8.23. The Bertz CT molecular complexity index is 1230. The van der Waals surface area contributed by atoms with Gasteiger partial charge >= 0.3 is 0 Å². The molecule has 0 bridgehead atoms. The Balaban J connectivity index is 2.12. The van der Waals surface area contributed by atoms with Gasteiger partial charge in [-0.25, -0.2) is 4.21 Å². The summed E-state index contributed by atoms with van der Waals surface area (Å²) in [5, 5.41) is 0. The molecule has 1 aliphatic heterocycles. The zero-order valence-electron chi connectivity index (χ0n) is 18.2. The summed E-state index contributed by atoms with van der Waals surface area (Å²) in [5.41, 5.74) is 10.9. The third-order valence-corrected chi connectivity index (χ3v) is 7.06. The summed E-state index contributed by atoms with van der Waals surface area (Å²) in [6.45, 7) is 6.59. The van der Waals surface area contributed by atoms with Crippen LogP contribution in [0.4, 0.5) is 5.69 Å². The maximum Gasteiger partial charge on any atom is 0.150 e. The summed E-state index contributed by atoms with van der Waals surface area (Å²) < 4.78 is 14.6. The number of aldehydes is 2. The topological polar surface area (TPSA) is 54.5 Å². The lowest BCUT2D eigenvalue weighted by atomic mass is 9.81. The average molecular weight is 432 g/mol. The molecule has 31 heavy (non-hydrogen) atoms. The SMILES string of the molecule is Cc1ccc(-c2c(C)c3c(c(C)c2CC=O)N(S(C)=O)Cc2cc(C=O)ccc2-3)cc1. The first-order valence-corrected chi connectivity index (χ1v) is 11.7. The van der Waals surface area contributed by atoms with Gasteiger partial charge in [-0.1, -0.05) is 42.0 Å². The van der Waals surface area contributed by atoms with Gasteiger partial charge in [0, 0.05) is 23.8 Å². The van der Waals surface area contributed by atoms with Crippen LogP contribution in [0.5, 0.6) is 0 Å². The Labute approximate surface area is 185 Å². The Hall–Kier alpha value is -3.05. The Morgan fingerprint density at radius 3 is 2.29 bits per heavy atom. The highest BCUT2D eigenvalue weighted by atomic mass is 32.2. The van der Waals surface area contributed by atoms with Gasteiger partial charge < -0.3 is 4.79 Å². The van der Waals surface area contributed by atoms with Crippen molar-refractivity contribution in [1.29, 1.82) is 0 Å². The molecule has 0 saturated carbocycles. The van der Waals surface area contributed by atoms with Crippen LogP contribution < -0.4 is 4.31 Å². The number of rotatable bonds is 5. The van der Waals surface area contributed by atoms with Crippen LogP contribution in [0.3, 0.4) is 0 Å². The summed E-state index contributed by atoms with van der Waals surface area (Å²) in [6, 6.07) is 14.0. The number of fused-ring (bicyclic) bond motifs is 3. The molecule has 0 aliphatic carbocycles. The zero-order chi connectivity index (χ0) is 22.3. The molecule has 1 unspecified atom stereocenters. The van der Waals surface area contributed by atoms with Crippen LogP contribution in [-0.2, 0) is 28.7 Å². The van der Waals surface area contributed by atoms with Crippen LogP contribution >= 0.6 is 0 Å². The van der Waals surface area contributed by atoms with Gasteiger partial charge in [0.05, 0.1) is 12.2 Å². The van der Waals surface area contributed by atoms with Crippen molar-refractivity contribution in [2.75, 3.05) is 10.6 Å². The van der Waals surface area contributed by atoms with Crippen LogP contribution in [-0.4, -0.2) is 23.0 Å². The normalized spacial score (nSPS) is 13.4. The number of hydrogen-bond acceptors (Lipinski definition) is 3.